The first-order chi connectivity index (χ1) is 6.53. The molecule has 0 saturated heterocycles. The van der Waals surface area contributed by atoms with Crippen molar-refractivity contribution in [3.05, 3.63) is 18.3 Å². The van der Waals surface area contributed by atoms with Crippen molar-refractivity contribution >= 4 is 5.69 Å². The van der Waals surface area contributed by atoms with Crippen LogP contribution in [0.4, 0.5) is 18.9 Å². The number of nitrogens with one attached hydrogen (secondary N) is 1. The summed E-state index contributed by atoms with van der Waals surface area (Å²) in [6.45, 7) is -1.33. The molecule has 1 heterocycles. The van der Waals surface area contributed by atoms with E-state index in [0.29, 0.717) is 5.69 Å². The zero-order chi connectivity index (χ0) is 10.6. The maximum absolute atomic E-state index is 11.8. The van der Waals surface area contributed by atoms with Crippen LogP contribution in [0.1, 0.15) is 0 Å². The number of nitrogens with zero attached hydrogens (tertiary/aromatic N) is 1. The summed E-state index contributed by atoms with van der Waals surface area (Å²) in [7, 11) is 1.58. The third-order valence-corrected chi connectivity index (χ3v) is 1.41. The van der Waals surface area contributed by atoms with Gasteiger partial charge in [-0.1, -0.05) is 0 Å². The van der Waals surface area contributed by atoms with E-state index < -0.39 is 12.8 Å². The van der Waals surface area contributed by atoms with Gasteiger partial charge in [0.1, 0.15) is 0 Å². The van der Waals surface area contributed by atoms with Crippen LogP contribution in [0.25, 0.3) is 0 Å². The van der Waals surface area contributed by atoms with Crippen molar-refractivity contribution < 1.29 is 17.9 Å². The van der Waals surface area contributed by atoms with Gasteiger partial charge in [0.2, 0.25) is 5.88 Å². The minimum absolute atomic E-state index is 0.0488. The number of halogens is 3. The van der Waals surface area contributed by atoms with E-state index in [2.05, 4.69) is 15.0 Å². The number of pyridine rings is 1. The van der Waals surface area contributed by atoms with Gasteiger partial charge in [-0.25, -0.2) is 4.98 Å². The second-order valence-electron chi connectivity index (χ2n) is 2.51. The lowest BCUT2D eigenvalue weighted by molar-refractivity contribution is -0.153. The van der Waals surface area contributed by atoms with Crippen molar-refractivity contribution in [2.75, 3.05) is 19.0 Å². The fourth-order valence-corrected chi connectivity index (χ4v) is 0.846. The Morgan fingerprint density at radius 1 is 1.50 bits per heavy atom. The van der Waals surface area contributed by atoms with Gasteiger partial charge in [-0.3, -0.25) is 0 Å². The Morgan fingerprint density at radius 3 is 2.79 bits per heavy atom. The van der Waals surface area contributed by atoms with Crippen LogP contribution in [0.3, 0.4) is 0 Å². The van der Waals surface area contributed by atoms with Crippen molar-refractivity contribution in [1.82, 2.24) is 4.98 Å². The number of alkyl halides is 3. The number of aromatic nitrogens is 1. The van der Waals surface area contributed by atoms with Gasteiger partial charge in [0.05, 0.1) is 5.69 Å². The summed E-state index contributed by atoms with van der Waals surface area (Å²) in [6.07, 6.45) is -2.98. The average molecular weight is 206 g/mol. The molecule has 0 atom stereocenters. The SMILES string of the molecule is CNc1cccnc1OCC(F)(F)F. The molecule has 6 heteroatoms. The number of rotatable bonds is 3. The van der Waals surface area contributed by atoms with Crippen LogP contribution < -0.4 is 10.1 Å². The average Bonchev–Trinajstić information content (AvgIpc) is 2.14. The van der Waals surface area contributed by atoms with E-state index >= 15 is 0 Å². The normalized spacial score (nSPS) is 11.1. The summed E-state index contributed by atoms with van der Waals surface area (Å²) >= 11 is 0. The number of hydrogen-bond donors (Lipinski definition) is 1. The smallest absolute Gasteiger partial charge is 0.422 e. The molecule has 14 heavy (non-hydrogen) atoms. The van der Waals surface area contributed by atoms with Gasteiger partial charge in [0, 0.05) is 13.2 Å². The third-order valence-electron chi connectivity index (χ3n) is 1.41. The molecule has 0 spiro atoms. The Balaban J connectivity index is 2.67. The molecule has 0 aliphatic rings. The topological polar surface area (TPSA) is 34.2 Å². The van der Waals surface area contributed by atoms with Crippen molar-refractivity contribution in [2.24, 2.45) is 0 Å². The van der Waals surface area contributed by atoms with Crippen LogP contribution in [-0.2, 0) is 0 Å². The van der Waals surface area contributed by atoms with Gasteiger partial charge in [0.25, 0.3) is 0 Å². The van der Waals surface area contributed by atoms with E-state index in [-0.39, 0.29) is 5.88 Å². The quantitative estimate of drug-likeness (QED) is 0.821. The molecule has 0 aliphatic carbocycles. The molecular weight excluding hydrogens is 197 g/mol. The Hall–Kier alpha value is -1.46. The predicted molar refractivity (Wildman–Crippen MR) is 45.3 cm³/mol. The molecule has 0 aromatic carbocycles. The molecule has 0 bridgehead atoms. The summed E-state index contributed by atoms with van der Waals surface area (Å²) < 4.78 is 39.9. The fourth-order valence-electron chi connectivity index (χ4n) is 0.846. The van der Waals surface area contributed by atoms with E-state index in [9.17, 15) is 13.2 Å². The Morgan fingerprint density at radius 2 is 2.21 bits per heavy atom. The molecule has 1 aromatic rings. The van der Waals surface area contributed by atoms with Gasteiger partial charge in [0.15, 0.2) is 6.61 Å². The van der Waals surface area contributed by atoms with Gasteiger partial charge in [-0.2, -0.15) is 13.2 Å². The van der Waals surface area contributed by atoms with Crippen molar-refractivity contribution in [3.8, 4) is 5.88 Å². The van der Waals surface area contributed by atoms with Gasteiger partial charge < -0.3 is 10.1 Å². The minimum Gasteiger partial charge on any atom is -0.467 e. The Labute approximate surface area is 78.9 Å². The van der Waals surface area contributed by atoms with Crippen LogP contribution in [0.5, 0.6) is 5.88 Å². The molecule has 0 unspecified atom stereocenters. The minimum atomic E-state index is -4.34. The highest BCUT2D eigenvalue weighted by molar-refractivity contribution is 5.51. The van der Waals surface area contributed by atoms with Crippen LogP contribution in [-0.4, -0.2) is 24.8 Å². The summed E-state index contributed by atoms with van der Waals surface area (Å²) in [4.78, 5) is 3.67. The molecule has 3 nitrogen and oxygen atoms in total. The molecule has 0 aliphatic heterocycles. The second kappa shape index (κ2) is 4.17. The first kappa shape index (κ1) is 10.6. The molecular formula is C8H9F3N2O. The van der Waals surface area contributed by atoms with Gasteiger partial charge in [-0.15, -0.1) is 0 Å². The summed E-state index contributed by atoms with van der Waals surface area (Å²) in [6, 6.07) is 3.19. The third kappa shape index (κ3) is 3.12. The number of anilines is 1. The first-order valence-electron chi connectivity index (χ1n) is 3.85. The Kier molecular flexibility index (Phi) is 3.16. The van der Waals surface area contributed by atoms with Crippen LogP contribution in [0.2, 0.25) is 0 Å². The van der Waals surface area contributed by atoms with E-state index in [1.54, 1.807) is 19.2 Å². The summed E-state index contributed by atoms with van der Waals surface area (Å²) in [5.74, 6) is -0.0488. The largest absolute Gasteiger partial charge is 0.467 e. The molecule has 1 N–H and O–H groups in total. The predicted octanol–water partition coefficient (Wildman–Crippen LogP) is 2.06. The molecule has 1 rings (SSSR count). The number of ether oxygens (including phenoxy) is 1. The molecule has 78 valence electrons. The summed E-state index contributed by atoms with van der Waals surface area (Å²) in [5.41, 5.74) is 0.428. The van der Waals surface area contributed by atoms with Crippen LogP contribution in [0, 0.1) is 0 Å². The molecule has 0 fully saturated rings. The highest BCUT2D eigenvalue weighted by Gasteiger charge is 2.29. The lowest BCUT2D eigenvalue weighted by Crippen LogP contribution is -2.20. The van der Waals surface area contributed by atoms with E-state index in [0.717, 1.165) is 0 Å². The van der Waals surface area contributed by atoms with Crippen molar-refractivity contribution in [2.45, 2.75) is 6.18 Å². The van der Waals surface area contributed by atoms with E-state index in [1.165, 1.54) is 6.20 Å². The zero-order valence-corrected chi connectivity index (χ0v) is 7.43. The van der Waals surface area contributed by atoms with Crippen molar-refractivity contribution in [3.63, 3.8) is 0 Å². The summed E-state index contributed by atoms with van der Waals surface area (Å²) in [5, 5.41) is 2.68. The highest BCUT2D eigenvalue weighted by Crippen LogP contribution is 2.22. The monoisotopic (exact) mass is 206 g/mol. The molecule has 0 saturated carbocycles. The molecule has 1 aromatic heterocycles. The van der Waals surface area contributed by atoms with Gasteiger partial charge >= 0.3 is 6.18 Å². The standard InChI is InChI=1S/C8H9F3N2O/c1-12-6-3-2-4-13-7(6)14-5-8(9,10)11/h2-4,12H,5H2,1H3. The maximum Gasteiger partial charge on any atom is 0.422 e. The van der Waals surface area contributed by atoms with E-state index in [1.807, 2.05) is 0 Å². The highest BCUT2D eigenvalue weighted by atomic mass is 19.4. The second-order valence-corrected chi connectivity index (χ2v) is 2.51. The lowest BCUT2D eigenvalue weighted by Gasteiger charge is -2.10. The maximum atomic E-state index is 11.8. The molecule has 0 radical (unpaired) electrons. The zero-order valence-electron chi connectivity index (χ0n) is 7.43. The van der Waals surface area contributed by atoms with Crippen LogP contribution >= 0.6 is 0 Å². The number of hydrogen-bond acceptors (Lipinski definition) is 3. The lowest BCUT2D eigenvalue weighted by atomic mass is 10.4. The van der Waals surface area contributed by atoms with Gasteiger partial charge in [-0.05, 0) is 12.1 Å². The van der Waals surface area contributed by atoms with Crippen LogP contribution in [0.15, 0.2) is 18.3 Å². The fraction of sp³-hybridized carbons (Fsp3) is 0.375. The Bertz CT molecular complexity index is 301. The molecule has 0 amide bonds. The first-order valence-corrected chi connectivity index (χ1v) is 3.85. The van der Waals surface area contributed by atoms with Crippen molar-refractivity contribution in [1.29, 1.82) is 0 Å². The van der Waals surface area contributed by atoms with E-state index in [4.69, 9.17) is 0 Å².